The molecule has 1 amide bonds. The lowest BCUT2D eigenvalue weighted by Gasteiger charge is -2.17. The number of hydrogen-bond acceptors (Lipinski definition) is 6. The fourth-order valence-electron chi connectivity index (χ4n) is 2.76. The Labute approximate surface area is 182 Å². The van der Waals surface area contributed by atoms with E-state index in [4.69, 9.17) is 14.2 Å². The summed E-state index contributed by atoms with van der Waals surface area (Å²) in [5.74, 6) is 0.468. The fraction of sp³-hybridized carbons (Fsp3) is 0.391. The Morgan fingerprint density at radius 1 is 1.07 bits per heavy atom. The van der Waals surface area contributed by atoms with E-state index in [0.29, 0.717) is 37.8 Å². The molecule has 162 valence electrons. The van der Waals surface area contributed by atoms with Crippen molar-refractivity contribution in [1.29, 1.82) is 0 Å². The molecule has 0 atom stereocenters. The predicted octanol–water partition coefficient (Wildman–Crippen LogP) is 4.54. The van der Waals surface area contributed by atoms with E-state index < -0.39 is 5.97 Å². The lowest BCUT2D eigenvalue weighted by atomic mass is 10.1. The van der Waals surface area contributed by atoms with Gasteiger partial charge in [-0.2, -0.15) is 11.3 Å². The zero-order chi connectivity index (χ0) is 21.9. The molecule has 0 radical (unpaired) electrons. The van der Waals surface area contributed by atoms with Crippen molar-refractivity contribution in [3.63, 3.8) is 0 Å². The maximum Gasteiger partial charge on any atom is 0.344 e. The summed E-state index contributed by atoms with van der Waals surface area (Å²) in [6, 6.07) is 7.44. The molecule has 7 heteroatoms. The van der Waals surface area contributed by atoms with Crippen LogP contribution in [0.15, 0.2) is 41.1 Å². The maximum atomic E-state index is 12.4. The van der Waals surface area contributed by atoms with Crippen LogP contribution in [0.5, 0.6) is 11.5 Å². The van der Waals surface area contributed by atoms with Crippen LogP contribution in [0.1, 0.15) is 38.8 Å². The predicted molar refractivity (Wildman–Crippen MR) is 119 cm³/mol. The molecule has 1 aromatic heterocycles. The molecule has 1 aromatic carbocycles. The first-order valence-electron chi connectivity index (χ1n) is 10.0. The minimum atomic E-state index is -0.448. The van der Waals surface area contributed by atoms with Crippen molar-refractivity contribution in [2.24, 2.45) is 0 Å². The molecule has 2 aromatic rings. The highest BCUT2D eigenvalue weighted by molar-refractivity contribution is 7.07. The van der Waals surface area contributed by atoms with Crippen LogP contribution in [0.25, 0.3) is 5.57 Å². The van der Waals surface area contributed by atoms with Gasteiger partial charge in [0, 0.05) is 19.2 Å². The van der Waals surface area contributed by atoms with Crippen molar-refractivity contribution in [2.45, 2.75) is 34.3 Å². The molecule has 0 fully saturated rings. The Hall–Kier alpha value is -2.80. The van der Waals surface area contributed by atoms with Crippen molar-refractivity contribution >= 4 is 28.8 Å². The fourth-order valence-corrected chi connectivity index (χ4v) is 3.41. The summed E-state index contributed by atoms with van der Waals surface area (Å²) in [7, 11) is 0. The molecule has 30 heavy (non-hydrogen) atoms. The topological polar surface area (TPSA) is 65.1 Å². The van der Waals surface area contributed by atoms with Gasteiger partial charge in [-0.15, -0.1) is 0 Å². The number of amides is 1. The first-order chi connectivity index (χ1) is 14.5. The minimum Gasteiger partial charge on any atom is -0.485 e. The van der Waals surface area contributed by atoms with Gasteiger partial charge in [-0.25, -0.2) is 4.79 Å². The van der Waals surface area contributed by atoms with Crippen LogP contribution in [0, 0.1) is 0 Å². The van der Waals surface area contributed by atoms with Gasteiger partial charge in [0.1, 0.15) is 6.61 Å². The number of allylic oxidation sites excluding steroid dienone is 1. The summed E-state index contributed by atoms with van der Waals surface area (Å²) < 4.78 is 16.5. The van der Waals surface area contributed by atoms with Gasteiger partial charge in [-0.3, -0.25) is 4.79 Å². The maximum absolute atomic E-state index is 12.4. The van der Waals surface area contributed by atoms with E-state index in [9.17, 15) is 9.59 Å². The SMILES string of the molecule is CCOC(=O)COc1cc(C(C)=CC(=O)N(CC)CC)ccc1OCc1ccsc1. The van der Waals surface area contributed by atoms with Gasteiger partial charge in [0.2, 0.25) is 5.91 Å². The quantitative estimate of drug-likeness (QED) is 0.386. The third kappa shape index (κ3) is 6.91. The van der Waals surface area contributed by atoms with E-state index in [0.717, 1.165) is 16.7 Å². The van der Waals surface area contributed by atoms with Crippen molar-refractivity contribution < 1.29 is 23.8 Å². The average Bonchev–Trinajstić information content (AvgIpc) is 3.25. The van der Waals surface area contributed by atoms with Crippen LogP contribution in [0.2, 0.25) is 0 Å². The second-order valence-electron chi connectivity index (χ2n) is 6.51. The van der Waals surface area contributed by atoms with Crippen molar-refractivity contribution in [2.75, 3.05) is 26.3 Å². The first kappa shape index (κ1) is 23.5. The number of hydrogen-bond donors (Lipinski definition) is 0. The first-order valence-corrected chi connectivity index (χ1v) is 11.0. The van der Waals surface area contributed by atoms with Crippen molar-refractivity contribution in [3.05, 3.63) is 52.2 Å². The summed E-state index contributed by atoms with van der Waals surface area (Å²) in [4.78, 5) is 25.9. The zero-order valence-corrected chi connectivity index (χ0v) is 18.8. The molecule has 0 saturated heterocycles. The Kier molecular flexibility index (Phi) is 9.41. The highest BCUT2D eigenvalue weighted by Crippen LogP contribution is 2.32. The Bertz CT molecular complexity index is 856. The van der Waals surface area contributed by atoms with Crippen molar-refractivity contribution in [1.82, 2.24) is 4.90 Å². The van der Waals surface area contributed by atoms with Gasteiger partial charge < -0.3 is 19.1 Å². The highest BCUT2D eigenvalue weighted by Gasteiger charge is 2.13. The minimum absolute atomic E-state index is 0.0377. The third-order valence-corrected chi connectivity index (χ3v) is 5.17. The Balaban J connectivity index is 2.23. The van der Waals surface area contributed by atoms with E-state index in [1.54, 1.807) is 41.4 Å². The number of thiophene rings is 1. The molecule has 6 nitrogen and oxygen atoms in total. The van der Waals surface area contributed by atoms with Crippen LogP contribution in [0.3, 0.4) is 0 Å². The largest absolute Gasteiger partial charge is 0.485 e. The molecule has 0 unspecified atom stereocenters. The number of likely N-dealkylation sites (N-methyl/N-ethyl adjacent to an activating group) is 1. The second kappa shape index (κ2) is 12.0. The molecule has 0 aliphatic heterocycles. The van der Waals surface area contributed by atoms with E-state index >= 15 is 0 Å². The van der Waals surface area contributed by atoms with Crippen LogP contribution in [-0.2, 0) is 20.9 Å². The molecule has 0 N–H and O–H groups in total. The smallest absolute Gasteiger partial charge is 0.344 e. The Morgan fingerprint density at radius 3 is 2.47 bits per heavy atom. The lowest BCUT2D eigenvalue weighted by molar-refractivity contribution is -0.145. The number of ether oxygens (including phenoxy) is 3. The summed E-state index contributed by atoms with van der Waals surface area (Å²) in [6.45, 7) is 9.30. The van der Waals surface area contributed by atoms with Gasteiger partial charge in [0.25, 0.3) is 0 Å². The van der Waals surface area contributed by atoms with Gasteiger partial charge in [0.15, 0.2) is 18.1 Å². The van der Waals surface area contributed by atoms with Crippen LogP contribution >= 0.6 is 11.3 Å². The molecule has 2 rings (SSSR count). The Morgan fingerprint density at radius 2 is 1.83 bits per heavy atom. The summed E-state index contributed by atoms with van der Waals surface area (Å²) in [5, 5.41) is 4.00. The summed E-state index contributed by atoms with van der Waals surface area (Å²) in [6.07, 6.45) is 1.61. The monoisotopic (exact) mass is 431 g/mol. The van der Waals surface area contributed by atoms with Crippen LogP contribution in [-0.4, -0.2) is 43.1 Å². The molecule has 0 aliphatic carbocycles. The number of carbonyl (C=O) groups excluding carboxylic acids is 2. The lowest BCUT2D eigenvalue weighted by Crippen LogP contribution is -2.28. The van der Waals surface area contributed by atoms with E-state index in [-0.39, 0.29) is 12.5 Å². The van der Waals surface area contributed by atoms with E-state index in [1.165, 1.54) is 0 Å². The number of esters is 1. The van der Waals surface area contributed by atoms with Crippen LogP contribution in [0.4, 0.5) is 0 Å². The zero-order valence-electron chi connectivity index (χ0n) is 18.0. The van der Waals surface area contributed by atoms with Gasteiger partial charge in [0.05, 0.1) is 6.61 Å². The standard InChI is InChI=1S/C23H29NO5S/c1-5-24(6-2)22(25)12-17(4)19-8-9-20(28-14-18-10-11-30-16-18)21(13-19)29-15-23(26)27-7-3/h8-13,16H,5-7,14-15H2,1-4H3. The second-order valence-corrected chi connectivity index (χ2v) is 7.29. The van der Waals surface area contributed by atoms with Gasteiger partial charge in [-0.05, 0) is 73.4 Å². The molecule has 1 heterocycles. The third-order valence-electron chi connectivity index (χ3n) is 4.44. The summed E-state index contributed by atoms with van der Waals surface area (Å²) in [5.41, 5.74) is 2.68. The van der Waals surface area contributed by atoms with Crippen LogP contribution < -0.4 is 9.47 Å². The van der Waals surface area contributed by atoms with E-state index in [2.05, 4.69) is 0 Å². The number of rotatable bonds is 11. The molecule has 0 aliphatic rings. The number of nitrogens with zero attached hydrogens (tertiary/aromatic N) is 1. The molecule has 0 saturated carbocycles. The molecule has 0 spiro atoms. The van der Waals surface area contributed by atoms with Crippen molar-refractivity contribution in [3.8, 4) is 11.5 Å². The number of benzene rings is 1. The molecule has 0 bridgehead atoms. The molecular formula is C23H29NO5S. The number of carbonyl (C=O) groups is 2. The summed E-state index contributed by atoms with van der Waals surface area (Å²) >= 11 is 1.60. The average molecular weight is 432 g/mol. The van der Waals surface area contributed by atoms with Gasteiger partial charge in [-0.1, -0.05) is 6.07 Å². The highest BCUT2D eigenvalue weighted by atomic mass is 32.1. The molecular weight excluding hydrogens is 402 g/mol. The van der Waals surface area contributed by atoms with E-state index in [1.807, 2.05) is 43.7 Å². The van der Waals surface area contributed by atoms with Gasteiger partial charge >= 0.3 is 5.97 Å². The normalized spacial score (nSPS) is 11.1.